The lowest BCUT2D eigenvalue weighted by atomic mass is 9.84. The maximum Gasteiger partial charge on any atom is 0.0541 e. The number of fused-ring (bicyclic) bond motifs is 6. The van der Waals surface area contributed by atoms with E-state index in [4.69, 9.17) is 0 Å². The van der Waals surface area contributed by atoms with Crippen molar-refractivity contribution >= 4 is 71.2 Å². The number of hydrogen-bond donors (Lipinski definition) is 0. The molecule has 15 aromatic carbocycles. The highest BCUT2D eigenvalue weighted by atomic mass is 15.1. The summed E-state index contributed by atoms with van der Waals surface area (Å²) in [6, 6.07) is 125. The number of para-hydroxylation sites is 1. The van der Waals surface area contributed by atoms with Gasteiger partial charge in [-0.05, 0) is 172 Å². The quantitative estimate of drug-likeness (QED) is 0.117. The fraction of sp³-hybridized carbons (Fsp3) is 0. The molecule has 16 aromatic rings. The molecule has 0 saturated heterocycles. The van der Waals surface area contributed by atoms with Crippen LogP contribution in [0.15, 0.2) is 340 Å². The zero-order chi connectivity index (χ0) is 56.9. The minimum absolute atomic E-state index is 1.07. The first-order valence-corrected chi connectivity index (χ1v) is 29.7. The number of nitrogens with zero attached hydrogens (tertiary/aromatic N) is 2. The molecule has 0 unspecified atom stereocenters. The SMILES string of the molecule is c1ccc(-c2ccc(-c3c4ccccc4c(-c4cccc5c(N(c6ccccc6)c6ccc(-n7c8ccc(-c9ccccc9-c9ccccc9)cc8c8cc(-c9ccccc9-c9ccccc9)ccc87)cc6)cccc45)c4ccccc34)cc2)cc1. The summed E-state index contributed by atoms with van der Waals surface area (Å²) in [5.74, 6) is 0. The number of benzene rings is 15. The van der Waals surface area contributed by atoms with E-state index in [0.29, 0.717) is 0 Å². The Labute approximate surface area is 501 Å². The lowest BCUT2D eigenvalue weighted by molar-refractivity contribution is 1.17. The van der Waals surface area contributed by atoms with Gasteiger partial charge >= 0.3 is 0 Å². The van der Waals surface area contributed by atoms with Gasteiger partial charge in [-0.3, -0.25) is 0 Å². The zero-order valence-electron chi connectivity index (χ0n) is 47.2. The maximum atomic E-state index is 2.45. The van der Waals surface area contributed by atoms with Crippen LogP contribution in [0.4, 0.5) is 17.1 Å². The van der Waals surface area contributed by atoms with Crippen molar-refractivity contribution < 1.29 is 0 Å². The van der Waals surface area contributed by atoms with E-state index in [1.165, 1.54) is 121 Å². The third-order valence-electron chi connectivity index (χ3n) is 17.4. The van der Waals surface area contributed by atoms with Crippen LogP contribution in [0.3, 0.4) is 0 Å². The second kappa shape index (κ2) is 21.5. The van der Waals surface area contributed by atoms with Gasteiger partial charge in [-0.15, -0.1) is 0 Å². The van der Waals surface area contributed by atoms with Gasteiger partial charge in [0.25, 0.3) is 0 Å². The van der Waals surface area contributed by atoms with E-state index in [-0.39, 0.29) is 0 Å². The summed E-state index contributed by atoms with van der Waals surface area (Å²) < 4.78 is 2.45. The first kappa shape index (κ1) is 50.4. The summed E-state index contributed by atoms with van der Waals surface area (Å²) in [7, 11) is 0. The van der Waals surface area contributed by atoms with Crippen molar-refractivity contribution in [2.75, 3.05) is 4.90 Å². The Balaban J connectivity index is 0.836. The van der Waals surface area contributed by atoms with Gasteiger partial charge in [0.1, 0.15) is 0 Å². The molecule has 402 valence electrons. The Morgan fingerprint density at radius 1 is 0.198 bits per heavy atom. The maximum absolute atomic E-state index is 2.45. The minimum Gasteiger partial charge on any atom is -0.310 e. The Hall–Kier alpha value is -11.3. The van der Waals surface area contributed by atoms with E-state index in [9.17, 15) is 0 Å². The molecule has 0 N–H and O–H groups in total. The van der Waals surface area contributed by atoms with Crippen LogP contribution in [-0.2, 0) is 0 Å². The van der Waals surface area contributed by atoms with E-state index >= 15 is 0 Å². The van der Waals surface area contributed by atoms with E-state index < -0.39 is 0 Å². The van der Waals surface area contributed by atoms with Crippen LogP contribution in [0.5, 0.6) is 0 Å². The molecule has 0 bridgehead atoms. The van der Waals surface area contributed by atoms with Crippen molar-refractivity contribution in [3.8, 4) is 83.6 Å². The topological polar surface area (TPSA) is 8.17 Å². The molecule has 16 rings (SSSR count). The summed E-state index contributed by atoms with van der Waals surface area (Å²) in [4.78, 5) is 2.42. The monoisotopic (exact) mass is 1090 g/mol. The molecule has 0 saturated carbocycles. The highest BCUT2D eigenvalue weighted by Crippen LogP contribution is 2.49. The molecule has 0 atom stereocenters. The molecule has 0 aliphatic rings. The molecule has 0 amide bonds. The normalized spacial score (nSPS) is 11.5. The Morgan fingerprint density at radius 3 is 1.08 bits per heavy atom. The molecule has 86 heavy (non-hydrogen) atoms. The molecule has 0 aliphatic carbocycles. The van der Waals surface area contributed by atoms with E-state index in [2.05, 4.69) is 349 Å². The first-order chi connectivity index (χ1) is 42.7. The predicted octanol–water partition coefficient (Wildman–Crippen LogP) is 23.4. The standard InChI is InChI=1S/C84H56N2/c1-5-23-57(24-6-1)58-43-45-61(46-44-58)83-74-35-17-19-37-76(74)84(77-38-20-18-36-75(77)83)73-41-21-40-72-71(73)39-22-42-80(72)85(64-29-11-4-12-30-64)65-49-51-66(52-50-65)86-81-53-47-62(69-33-15-13-31-67(69)59-25-7-2-8-26-59)55-78(81)79-56-63(48-54-82(79)86)70-34-16-14-32-68(70)60-27-9-3-10-28-60/h1-56H. The van der Waals surface area contributed by atoms with Gasteiger partial charge in [-0.2, -0.15) is 0 Å². The number of anilines is 3. The van der Waals surface area contributed by atoms with Crippen molar-refractivity contribution in [3.63, 3.8) is 0 Å². The highest BCUT2D eigenvalue weighted by Gasteiger charge is 2.23. The Bertz CT molecular complexity index is 4980. The molecule has 2 nitrogen and oxygen atoms in total. The van der Waals surface area contributed by atoms with Gasteiger partial charge < -0.3 is 9.47 Å². The number of hydrogen-bond acceptors (Lipinski definition) is 1. The molecule has 1 aromatic heterocycles. The molecule has 1 heterocycles. The van der Waals surface area contributed by atoms with Crippen molar-refractivity contribution in [1.29, 1.82) is 0 Å². The minimum atomic E-state index is 1.07. The van der Waals surface area contributed by atoms with Crippen LogP contribution in [0.1, 0.15) is 0 Å². The fourth-order valence-corrected chi connectivity index (χ4v) is 13.5. The lowest BCUT2D eigenvalue weighted by Crippen LogP contribution is -2.10. The van der Waals surface area contributed by atoms with Crippen LogP contribution in [0.25, 0.3) is 138 Å². The van der Waals surface area contributed by atoms with Crippen LogP contribution in [-0.4, -0.2) is 4.57 Å². The number of rotatable bonds is 11. The average molecular weight is 1090 g/mol. The van der Waals surface area contributed by atoms with Crippen molar-refractivity contribution in [1.82, 2.24) is 4.57 Å². The van der Waals surface area contributed by atoms with E-state index in [0.717, 1.165) is 33.8 Å². The van der Waals surface area contributed by atoms with E-state index in [1.807, 2.05) is 0 Å². The molecular weight excluding hydrogens is 1040 g/mol. The zero-order valence-corrected chi connectivity index (χ0v) is 47.2. The third kappa shape index (κ3) is 8.74. The molecule has 0 fully saturated rings. The Morgan fingerprint density at radius 2 is 0.558 bits per heavy atom. The van der Waals surface area contributed by atoms with Crippen molar-refractivity contribution in [2.45, 2.75) is 0 Å². The van der Waals surface area contributed by atoms with Crippen LogP contribution < -0.4 is 4.90 Å². The van der Waals surface area contributed by atoms with Crippen molar-refractivity contribution in [3.05, 3.63) is 340 Å². The third-order valence-corrected chi connectivity index (χ3v) is 17.4. The van der Waals surface area contributed by atoms with Gasteiger partial charge in [0.15, 0.2) is 0 Å². The predicted molar refractivity (Wildman–Crippen MR) is 366 cm³/mol. The first-order valence-electron chi connectivity index (χ1n) is 29.7. The van der Waals surface area contributed by atoms with Crippen LogP contribution in [0.2, 0.25) is 0 Å². The largest absolute Gasteiger partial charge is 0.310 e. The summed E-state index contributed by atoms with van der Waals surface area (Å²) in [6.07, 6.45) is 0. The molecule has 2 heteroatoms. The molecule has 0 aliphatic heterocycles. The van der Waals surface area contributed by atoms with Gasteiger partial charge in [-0.1, -0.05) is 273 Å². The van der Waals surface area contributed by atoms with Crippen LogP contribution >= 0.6 is 0 Å². The lowest BCUT2D eigenvalue weighted by Gasteiger charge is -2.27. The molecule has 0 radical (unpaired) electrons. The summed E-state index contributed by atoms with van der Waals surface area (Å²) >= 11 is 0. The van der Waals surface area contributed by atoms with Crippen LogP contribution in [0, 0.1) is 0 Å². The summed E-state index contributed by atoms with van der Waals surface area (Å²) in [6.45, 7) is 0. The fourth-order valence-electron chi connectivity index (χ4n) is 13.5. The highest BCUT2D eigenvalue weighted by molar-refractivity contribution is 6.24. The average Bonchev–Trinajstić information content (AvgIpc) is 2.19. The van der Waals surface area contributed by atoms with Gasteiger partial charge in [0.2, 0.25) is 0 Å². The second-order valence-corrected chi connectivity index (χ2v) is 22.3. The smallest absolute Gasteiger partial charge is 0.0541 e. The Kier molecular flexibility index (Phi) is 12.6. The molecule has 0 spiro atoms. The van der Waals surface area contributed by atoms with Gasteiger partial charge in [0.05, 0.1) is 16.7 Å². The summed E-state index contributed by atoms with van der Waals surface area (Å²) in [5.41, 5.74) is 23.6. The molecular formula is C84H56N2. The van der Waals surface area contributed by atoms with Crippen molar-refractivity contribution in [2.24, 2.45) is 0 Å². The number of aromatic nitrogens is 1. The summed E-state index contributed by atoms with van der Waals surface area (Å²) in [5, 5.41) is 9.70. The van der Waals surface area contributed by atoms with Gasteiger partial charge in [-0.25, -0.2) is 0 Å². The second-order valence-electron chi connectivity index (χ2n) is 22.3. The van der Waals surface area contributed by atoms with Gasteiger partial charge in [0, 0.05) is 33.2 Å². The van der Waals surface area contributed by atoms with E-state index in [1.54, 1.807) is 0 Å².